The molecule has 0 spiro atoms. The van der Waals surface area contributed by atoms with E-state index in [1.165, 1.54) is 0 Å². The predicted octanol–water partition coefficient (Wildman–Crippen LogP) is 3.54. The lowest BCUT2D eigenvalue weighted by molar-refractivity contribution is -0.0873. The smallest absolute Gasteiger partial charge is 0.416 e. The lowest BCUT2D eigenvalue weighted by Crippen LogP contribution is -2.09. The molecule has 1 aliphatic rings. The zero-order valence-corrected chi connectivity index (χ0v) is 7.58. The van der Waals surface area contributed by atoms with Gasteiger partial charge in [-0.05, 0) is 18.2 Å². The number of fused-ring (bicyclic) bond motifs is 1. The summed E-state index contributed by atoms with van der Waals surface area (Å²) in [7, 11) is 0. The fraction of sp³-hybridized carbons (Fsp3) is 0.0909. The van der Waals surface area contributed by atoms with Crippen LogP contribution in [0.15, 0.2) is 42.2 Å². The predicted molar refractivity (Wildman–Crippen MR) is 50.2 cm³/mol. The van der Waals surface area contributed by atoms with Crippen LogP contribution in [0.4, 0.5) is 13.2 Å². The molecule has 0 unspecified atom stereocenters. The second kappa shape index (κ2) is 3.46. The first-order valence-electron chi connectivity index (χ1n) is 4.28. The van der Waals surface area contributed by atoms with Crippen molar-refractivity contribution in [1.29, 1.82) is 0 Å². The van der Waals surface area contributed by atoms with Crippen LogP contribution in [0, 0.1) is 0 Å². The van der Waals surface area contributed by atoms with Crippen molar-refractivity contribution in [2.75, 3.05) is 0 Å². The summed E-state index contributed by atoms with van der Waals surface area (Å²) in [6.45, 7) is 0. The third-order valence-electron chi connectivity index (χ3n) is 2.00. The van der Waals surface area contributed by atoms with Crippen LogP contribution in [0.5, 0.6) is 5.75 Å². The van der Waals surface area contributed by atoms with E-state index in [2.05, 4.69) is 0 Å². The lowest BCUT2D eigenvalue weighted by Gasteiger charge is -2.05. The Kier molecular flexibility index (Phi) is 2.26. The molecule has 2 rings (SSSR count). The summed E-state index contributed by atoms with van der Waals surface area (Å²) in [5.74, 6) is 0.424. The van der Waals surface area contributed by atoms with Gasteiger partial charge < -0.3 is 4.74 Å². The van der Waals surface area contributed by atoms with E-state index in [1.54, 1.807) is 24.3 Å². The summed E-state index contributed by atoms with van der Waals surface area (Å²) in [4.78, 5) is 0. The Balaban J connectivity index is 2.50. The average Bonchev–Trinajstić information content (AvgIpc) is 2.38. The number of para-hydroxylation sites is 1. The first-order valence-corrected chi connectivity index (χ1v) is 4.28. The summed E-state index contributed by atoms with van der Waals surface area (Å²) in [6.07, 6.45) is -1.32. The molecule has 1 nitrogen and oxygen atoms in total. The highest BCUT2D eigenvalue weighted by Gasteiger charge is 2.32. The van der Waals surface area contributed by atoms with Gasteiger partial charge in [0, 0.05) is 5.56 Å². The molecule has 4 heteroatoms. The van der Waals surface area contributed by atoms with Crippen LogP contribution in [-0.4, -0.2) is 6.18 Å². The van der Waals surface area contributed by atoms with Crippen LogP contribution in [0.2, 0.25) is 0 Å². The Hall–Kier alpha value is -1.71. The maximum atomic E-state index is 12.4. The van der Waals surface area contributed by atoms with E-state index in [9.17, 15) is 13.2 Å². The van der Waals surface area contributed by atoms with Gasteiger partial charge in [-0.2, -0.15) is 13.2 Å². The van der Waals surface area contributed by atoms with Gasteiger partial charge in [0.15, 0.2) is 0 Å². The Morgan fingerprint density at radius 3 is 2.53 bits per heavy atom. The molecule has 0 fully saturated rings. The number of ether oxygens (including phenoxy) is 1. The molecule has 0 aliphatic carbocycles. The third kappa shape index (κ3) is 2.03. The van der Waals surface area contributed by atoms with Crippen LogP contribution in [-0.2, 0) is 0 Å². The van der Waals surface area contributed by atoms with E-state index in [-0.39, 0.29) is 0 Å². The number of halogens is 3. The van der Waals surface area contributed by atoms with E-state index in [0.717, 1.165) is 18.4 Å². The van der Waals surface area contributed by atoms with Gasteiger partial charge in [-0.25, -0.2) is 0 Å². The maximum absolute atomic E-state index is 12.4. The van der Waals surface area contributed by atoms with Crippen LogP contribution in [0.1, 0.15) is 5.56 Å². The zero-order valence-electron chi connectivity index (χ0n) is 7.58. The second-order valence-corrected chi connectivity index (χ2v) is 3.06. The van der Waals surface area contributed by atoms with Crippen LogP contribution >= 0.6 is 0 Å². The van der Waals surface area contributed by atoms with Crippen molar-refractivity contribution in [3.63, 3.8) is 0 Å². The molecule has 0 bridgehead atoms. The molecule has 1 aliphatic heterocycles. The fourth-order valence-corrected chi connectivity index (χ4v) is 1.28. The van der Waals surface area contributed by atoms with Crippen molar-refractivity contribution in [3.8, 4) is 5.75 Å². The topological polar surface area (TPSA) is 9.23 Å². The summed E-state index contributed by atoms with van der Waals surface area (Å²) >= 11 is 0. The van der Waals surface area contributed by atoms with Gasteiger partial charge in [0.1, 0.15) is 5.75 Å². The van der Waals surface area contributed by atoms with E-state index < -0.39 is 11.7 Å². The minimum atomic E-state index is -4.35. The highest BCUT2D eigenvalue weighted by molar-refractivity contribution is 5.64. The Labute approximate surface area is 84.5 Å². The van der Waals surface area contributed by atoms with Crippen LogP contribution in [0.3, 0.4) is 0 Å². The van der Waals surface area contributed by atoms with E-state index in [4.69, 9.17) is 4.74 Å². The van der Waals surface area contributed by atoms with Crippen molar-refractivity contribution >= 4 is 6.08 Å². The first kappa shape index (κ1) is 9.83. The quantitative estimate of drug-likeness (QED) is 0.639. The average molecular weight is 212 g/mol. The minimum Gasteiger partial charge on any atom is -0.464 e. The lowest BCUT2D eigenvalue weighted by atomic mass is 10.1. The number of hydrogen-bond donors (Lipinski definition) is 0. The summed E-state index contributed by atoms with van der Waals surface area (Å²) < 4.78 is 42.4. The fourth-order valence-electron chi connectivity index (χ4n) is 1.28. The minimum absolute atomic E-state index is 0.424. The van der Waals surface area contributed by atoms with Gasteiger partial charge in [0.2, 0.25) is 0 Å². The first-order chi connectivity index (χ1) is 7.07. The molecule has 0 saturated carbocycles. The molecular formula is C11H7F3O. The molecule has 0 saturated heterocycles. The molecular weight excluding hydrogens is 205 g/mol. The van der Waals surface area contributed by atoms with Crippen molar-refractivity contribution < 1.29 is 17.9 Å². The van der Waals surface area contributed by atoms with Crippen LogP contribution in [0.25, 0.3) is 6.08 Å². The molecule has 1 aromatic rings. The number of allylic oxidation sites excluding steroid dienone is 2. The number of alkyl halides is 3. The van der Waals surface area contributed by atoms with Gasteiger partial charge >= 0.3 is 6.18 Å². The molecule has 1 heterocycles. The number of rotatable bonds is 0. The maximum Gasteiger partial charge on any atom is 0.416 e. The molecule has 0 aromatic heterocycles. The summed E-state index contributed by atoms with van der Waals surface area (Å²) in [6, 6.07) is 6.57. The monoisotopic (exact) mass is 212 g/mol. The number of benzene rings is 1. The van der Waals surface area contributed by atoms with Crippen molar-refractivity contribution in [2.45, 2.75) is 6.18 Å². The van der Waals surface area contributed by atoms with Crippen molar-refractivity contribution in [3.05, 3.63) is 47.7 Å². The molecule has 0 amide bonds. The Bertz CT molecular complexity index is 430. The van der Waals surface area contributed by atoms with Crippen molar-refractivity contribution in [2.24, 2.45) is 0 Å². The van der Waals surface area contributed by atoms with E-state index in [0.29, 0.717) is 11.3 Å². The molecule has 1 aromatic carbocycles. The summed E-state index contributed by atoms with van der Waals surface area (Å²) in [5, 5.41) is 0. The van der Waals surface area contributed by atoms with Crippen LogP contribution < -0.4 is 4.74 Å². The Morgan fingerprint density at radius 2 is 1.80 bits per heavy atom. The molecule has 0 radical (unpaired) electrons. The van der Waals surface area contributed by atoms with Gasteiger partial charge in [-0.15, -0.1) is 0 Å². The van der Waals surface area contributed by atoms with Gasteiger partial charge in [-0.3, -0.25) is 0 Å². The largest absolute Gasteiger partial charge is 0.464 e. The number of hydrogen-bond acceptors (Lipinski definition) is 1. The standard InChI is InChI=1S/C11H7F3O/c12-11(13,14)9-5-6-15-10-4-2-1-3-8(10)7-9/h1-7H. The van der Waals surface area contributed by atoms with Gasteiger partial charge in [-0.1, -0.05) is 18.2 Å². The highest BCUT2D eigenvalue weighted by atomic mass is 19.4. The second-order valence-electron chi connectivity index (χ2n) is 3.06. The SMILES string of the molecule is FC(F)(F)C1=Cc2ccccc2OC=C1. The highest BCUT2D eigenvalue weighted by Crippen LogP contribution is 2.32. The van der Waals surface area contributed by atoms with Gasteiger partial charge in [0.25, 0.3) is 0 Å². The summed E-state index contributed by atoms with van der Waals surface area (Å²) in [5.41, 5.74) is -0.290. The molecule has 0 atom stereocenters. The molecule has 0 N–H and O–H groups in total. The normalized spacial score (nSPS) is 15.0. The van der Waals surface area contributed by atoms with Crippen molar-refractivity contribution in [1.82, 2.24) is 0 Å². The molecule has 15 heavy (non-hydrogen) atoms. The molecule has 78 valence electrons. The van der Waals surface area contributed by atoms with E-state index in [1.807, 2.05) is 0 Å². The Morgan fingerprint density at radius 1 is 1.07 bits per heavy atom. The van der Waals surface area contributed by atoms with E-state index >= 15 is 0 Å². The van der Waals surface area contributed by atoms with Gasteiger partial charge in [0.05, 0.1) is 11.8 Å². The zero-order chi connectivity index (χ0) is 10.9. The third-order valence-corrected chi connectivity index (χ3v) is 2.00.